The third-order valence-electron chi connectivity index (χ3n) is 4.96. The average Bonchev–Trinajstić information content (AvgIpc) is 3.29. The van der Waals surface area contributed by atoms with Crippen molar-refractivity contribution in [1.82, 2.24) is 25.0 Å². The van der Waals surface area contributed by atoms with Crippen LogP contribution in [-0.4, -0.2) is 68.6 Å². The summed E-state index contributed by atoms with van der Waals surface area (Å²) in [6.07, 6.45) is 2.40. The molecule has 2 atom stereocenters. The summed E-state index contributed by atoms with van der Waals surface area (Å²) in [5, 5.41) is 7.24. The molecule has 138 valence electrons. The fourth-order valence-corrected chi connectivity index (χ4v) is 3.80. The monoisotopic (exact) mass is 357 g/mol. The van der Waals surface area contributed by atoms with Gasteiger partial charge in [0.1, 0.15) is 5.69 Å². The standard InChI is InChI=1S/C18H23N5O3/c1-11-8-23(9-12(2)26-11)18(25)16-13-5-7-22(10-15(13)20-21-16)17(24)14-4-3-6-19-14/h3-4,6,11-12,19H,5,7-10H2,1-2H3,(H,20,21)/t11-,12+. The first-order valence-electron chi connectivity index (χ1n) is 8.96. The molecule has 8 heteroatoms. The summed E-state index contributed by atoms with van der Waals surface area (Å²) in [5.41, 5.74) is 2.82. The number of ether oxygens (including phenoxy) is 1. The molecule has 1 saturated heterocycles. The fourth-order valence-electron chi connectivity index (χ4n) is 3.80. The van der Waals surface area contributed by atoms with Crippen molar-refractivity contribution in [3.63, 3.8) is 0 Å². The Morgan fingerprint density at radius 3 is 2.65 bits per heavy atom. The Labute approximate surface area is 151 Å². The molecule has 0 unspecified atom stereocenters. The number of nitrogens with zero attached hydrogens (tertiary/aromatic N) is 3. The Balaban J connectivity index is 1.50. The minimum Gasteiger partial charge on any atom is -0.372 e. The number of nitrogens with one attached hydrogen (secondary N) is 2. The number of rotatable bonds is 2. The minimum absolute atomic E-state index is 0.0198. The van der Waals surface area contributed by atoms with E-state index in [-0.39, 0.29) is 24.0 Å². The van der Waals surface area contributed by atoms with Crippen LogP contribution in [0.1, 0.15) is 46.1 Å². The van der Waals surface area contributed by atoms with E-state index in [1.54, 1.807) is 23.2 Å². The van der Waals surface area contributed by atoms with E-state index in [9.17, 15) is 9.59 Å². The summed E-state index contributed by atoms with van der Waals surface area (Å²) in [4.78, 5) is 31.9. The van der Waals surface area contributed by atoms with Crippen molar-refractivity contribution in [2.75, 3.05) is 19.6 Å². The summed E-state index contributed by atoms with van der Waals surface area (Å²) in [5.74, 6) is -0.104. The Hall–Kier alpha value is -2.61. The third-order valence-corrected chi connectivity index (χ3v) is 4.96. The number of fused-ring (bicyclic) bond motifs is 1. The van der Waals surface area contributed by atoms with Gasteiger partial charge in [-0.15, -0.1) is 0 Å². The number of carbonyl (C=O) groups is 2. The van der Waals surface area contributed by atoms with Crippen LogP contribution < -0.4 is 0 Å². The van der Waals surface area contributed by atoms with Gasteiger partial charge in [0.2, 0.25) is 0 Å². The van der Waals surface area contributed by atoms with E-state index in [1.807, 2.05) is 18.7 Å². The zero-order valence-electron chi connectivity index (χ0n) is 15.0. The summed E-state index contributed by atoms with van der Waals surface area (Å²) < 4.78 is 5.70. The zero-order valence-corrected chi connectivity index (χ0v) is 15.0. The summed E-state index contributed by atoms with van der Waals surface area (Å²) in [7, 11) is 0. The van der Waals surface area contributed by atoms with Gasteiger partial charge >= 0.3 is 0 Å². The van der Waals surface area contributed by atoms with Gasteiger partial charge in [-0.1, -0.05) is 0 Å². The molecule has 2 amide bonds. The third kappa shape index (κ3) is 3.01. The molecule has 2 aromatic heterocycles. The summed E-state index contributed by atoms with van der Waals surface area (Å²) in [6.45, 7) is 6.09. The molecule has 0 saturated carbocycles. The first kappa shape index (κ1) is 16.8. The molecule has 2 aromatic rings. The number of hydrogen-bond acceptors (Lipinski definition) is 4. The Morgan fingerprint density at radius 1 is 1.19 bits per heavy atom. The van der Waals surface area contributed by atoms with E-state index in [0.29, 0.717) is 44.0 Å². The topological polar surface area (TPSA) is 94.3 Å². The van der Waals surface area contributed by atoms with Crippen LogP contribution in [0.15, 0.2) is 18.3 Å². The maximum absolute atomic E-state index is 12.9. The molecule has 26 heavy (non-hydrogen) atoms. The summed E-state index contributed by atoms with van der Waals surface area (Å²) >= 11 is 0. The van der Waals surface area contributed by atoms with Crippen molar-refractivity contribution < 1.29 is 14.3 Å². The van der Waals surface area contributed by atoms with Gasteiger partial charge in [-0.2, -0.15) is 5.10 Å². The van der Waals surface area contributed by atoms with Gasteiger partial charge in [-0.3, -0.25) is 14.7 Å². The number of H-pyrrole nitrogens is 2. The van der Waals surface area contributed by atoms with Crippen LogP contribution in [-0.2, 0) is 17.7 Å². The molecule has 8 nitrogen and oxygen atoms in total. The van der Waals surface area contributed by atoms with Crippen LogP contribution in [0.2, 0.25) is 0 Å². The molecule has 0 aliphatic carbocycles. The van der Waals surface area contributed by atoms with E-state index < -0.39 is 0 Å². The first-order chi connectivity index (χ1) is 12.5. The Bertz CT molecular complexity index is 803. The number of aromatic amines is 2. The Morgan fingerprint density at radius 2 is 1.96 bits per heavy atom. The fraction of sp³-hybridized carbons (Fsp3) is 0.500. The van der Waals surface area contributed by atoms with Crippen LogP contribution in [0.3, 0.4) is 0 Å². The van der Waals surface area contributed by atoms with Gasteiger partial charge in [-0.25, -0.2) is 0 Å². The number of morpholine rings is 1. The van der Waals surface area contributed by atoms with Crippen LogP contribution in [0, 0.1) is 0 Å². The molecule has 0 radical (unpaired) electrons. The quantitative estimate of drug-likeness (QED) is 0.844. The highest BCUT2D eigenvalue weighted by atomic mass is 16.5. The summed E-state index contributed by atoms with van der Waals surface area (Å²) in [6, 6.07) is 3.57. The lowest BCUT2D eigenvalue weighted by atomic mass is 10.0. The zero-order chi connectivity index (χ0) is 18.3. The highest BCUT2D eigenvalue weighted by Crippen LogP contribution is 2.23. The predicted octanol–water partition coefficient (Wildman–Crippen LogP) is 1.19. The normalized spacial score (nSPS) is 23.0. The van der Waals surface area contributed by atoms with E-state index in [4.69, 9.17) is 4.74 Å². The highest BCUT2D eigenvalue weighted by Gasteiger charge is 2.32. The van der Waals surface area contributed by atoms with Crippen LogP contribution in [0.5, 0.6) is 0 Å². The van der Waals surface area contributed by atoms with E-state index >= 15 is 0 Å². The number of aromatic nitrogens is 3. The molecule has 0 bridgehead atoms. The molecule has 0 spiro atoms. The van der Waals surface area contributed by atoms with Crippen LogP contribution in [0.25, 0.3) is 0 Å². The molecule has 4 rings (SSSR count). The van der Waals surface area contributed by atoms with E-state index in [2.05, 4.69) is 15.2 Å². The number of amides is 2. The van der Waals surface area contributed by atoms with Gasteiger partial charge in [-0.05, 0) is 32.4 Å². The van der Waals surface area contributed by atoms with Gasteiger partial charge in [0.05, 0.1) is 24.4 Å². The highest BCUT2D eigenvalue weighted by molar-refractivity contribution is 5.95. The molecule has 2 aliphatic heterocycles. The molecule has 2 aliphatic rings. The smallest absolute Gasteiger partial charge is 0.274 e. The minimum atomic E-state index is -0.0614. The predicted molar refractivity (Wildman–Crippen MR) is 93.7 cm³/mol. The number of carbonyl (C=O) groups excluding carboxylic acids is 2. The van der Waals surface area contributed by atoms with Crippen molar-refractivity contribution in [1.29, 1.82) is 0 Å². The molecule has 2 N–H and O–H groups in total. The maximum Gasteiger partial charge on any atom is 0.274 e. The van der Waals surface area contributed by atoms with Crippen LogP contribution >= 0.6 is 0 Å². The second kappa shape index (κ2) is 6.60. The second-order valence-corrected chi connectivity index (χ2v) is 7.06. The number of hydrogen-bond donors (Lipinski definition) is 2. The van der Waals surface area contributed by atoms with Crippen molar-refractivity contribution in [3.05, 3.63) is 41.0 Å². The molecular weight excluding hydrogens is 334 g/mol. The maximum atomic E-state index is 12.9. The van der Waals surface area contributed by atoms with Crippen molar-refractivity contribution >= 4 is 11.8 Å². The van der Waals surface area contributed by atoms with Gasteiger partial charge in [0, 0.05) is 31.4 Å². The van der Waals surface area contributed by atoms with Gasteiger partial charge < -0.3 is 19.5 Å². The van der Waals surface area contributed by atoms with Gasteiger partial charge in [0.25, 0.3) is 11.8 Å². The van der Waals surface area contributed by atoms with Crippen LogP contribution in [0.4, 0.5) is 0 Å². The molecule has 4 heterocycles. The lowest BCUT2D eigenvalue weighted by Gasteiger charge is -2.35. The molecule has 1 fully saturated rings. The molecule has 0 aromatic carbocycles. The Kier molecular flexibility index (Phi) is 4.28. The first-order valence-corrected chi connectivity index (χ1v) is 8.96. The SMILES string of the molecule is C[C@@H]1CN(C(=O)c2n[nH]c3c2CCN(C(=O)c2ccc[nH]2)C3)C[C@H](C)O1. The second-order valence-electron chi connectivity index (χ2n) is 7.06. The van der Waals surface area contributed by atoms with Crippen molar-refractivity contribution in [3.8, 4) is 0 Å². The lowest BCUT2D eigenvalue weighted by molar-refractivity contribution is -0.0587. The van der Waals surface area contributed by atoms with Gasteiger partial charge in [0.15, 0.2) is 5.69 Å². The average molecular weight is 357 g/mol. The largest absolute Gasteiger partial charge is 0.372 e. The van der Waals surface area contributed by atoms with E-state index in [0.717, 1.165) is 11.3 Å². The van der Waals surface area contributed by atoms with Crippen molar-refractivity contribution in [2.45, 2.75) is 39.0 Å². The lowest BCUT2D eigenvalue weighted by Crippen LogP contribution is -2.48. The van der Waals surface area contributed by atoms with E-state index in [1.165, 1.54) is 0 Å². The van der Waals surface area contributed by atoms with Crippen molar-refractivity contribution in [2.24, 2.45) is 0 Å². The molecular formula is C18H23N5O3.